The Morgan fingerprint density at radius 3 is 1.51 bits per heavy atom. The lowest BCUT2D eigenvalue weighted by Gasteiger charge is -2.39. The van der Waals surface area contributed by atoms with E-state index >= 15 is 0 Å². The Balaban J connectivity index is 0.000000171. The van der Waals surface area contributed by atoms with Gasteiger partial charge >= 0.3 is 0 Å². The number of thiophene rings is 2. The highest BCUT2D eigenvalue weighted by Gasteiger charge is 2.31. The number of fused-ring (bicyclic) bond motifs is 6. The molecule has 1 saturated heterocycles. The molecule has 5 heterocycles. The topological polar surface area (TPSA) is 88.1 Å². The molecule has 2 N–H and O–H groups in total. The van der Waals surface area contributed by atoms with Crippen LogP contribution in [0.4, 0.5) is 11.6 Å². The maximum atomic E-state index is 4.94. The molecule has 0 spiro atoms. The van der Waals surface area contributed by atoms with Crippen LogP contribution in [0.15, 0.2) is 12.7 Å². The predicted octanol–water partition coefficient (Wildman–Crippen LogP) is 5.93. The van der Waals surface area contributed by atoms with E-state index in [0.717, 1.165) is 41.4 Å². The van der Waals surface area contributed by atoms with E-state index in [9.17, 15) is 0 Å². The first kappa shape index (κ1) is 43.1. The smallest absolute Gasteiger partial charge is 0.138 e. The van der Waals surface area contributed by atoms with Crippen LogP contribution in [0.3, 0.4) is 0 Å². The van der Waals surface area contributed by atoms with Gasteiger partial charge in [0, 0.05) is 53.9 Å². The van der Waals surface area contributed by atoms with Crippen LogP contribution < -0.4 is 34.6 Å². The van der Waals surface area contributed by atoms with Crippen LogP contribution >= 0.6 is 45.3 Å². The average molecular weight is 989 g/mol. The molecule has 1 aliphatic heterocycles. The summed E-state index contributed by atoms with van der Waals surface area (Å²) in [4.78, 5) is 27.9. The zero-order valence-electron chi connectivity index (χ0n) is 32.9. The molecule has 3 fully saturated rings. The third-order valence-corrected chi connectivity index (χ3v) is 14.1. The summed E-state index contributed by atoms with van der Waals surface area (Å²) in [5.41, 5.74) is 3.04. The molecule has 2 saturated carbocycles. The van der Waals surface area contributed by atoms with Gasteiger partial charge in [0.05, 0.1) is 38.0 Å². The van der Waals surface area contributed by atoms with E-state index in [0.29, 0.717) is 12.1 Å². The first-order chi connectivity index (χ1) is 25.2. The summed E-state index contributed by atoms with van der Waals surface area (Å²) in [6, 6.07) is 2.66. The Hall–Kier alpha value is -0.980. The molecular weight excluding hydrogens is 926 g/mol. The zero-order valence-corrected chi connectivity index (χ0v) is 38.8. The summed E-state index contributed by atoms with van der Waals surface area (Å²) < 4.78 is 6.03. The number of halogens is 2. The van der Waals surface area contributed by atoms with Gasteiger partial charge in [0.15, 0.2) is 0 Å². The van der Waals surface area contributed by atoms with E-state index in [1.165, 1.54) is 144 Å². The van der Waals surface area contributed by atoms with Gasteiger partial charge in [-0.05, 0) is 120 Å². The molecule has 0 amide bonds. The molecule has 4 aromatic heterocycles. The van der Waals surface area contributed by atoms with Crippen molar-refractivity contribution in [2.24, 2.45) is 0 Å². The second-order valence-corrected chi connectivity index (χ2v) is 18.4. The fourth-order valence-corrected chi connectivity index (χ4v) is 11.2. The van der Waals surface area contributed by atoms with Crippen LogP contribution in [-0.2, 0) is 30.4 Å². The molecule has 9 rings (SSSR count). The number of rotatable bonds is 6. The summed E-state index contributed by atoms with van der Waals surface area (Å²) in [6.45, 7) is 2.00. The fraction of sp³-hybridized carbons (Fsp3) is 0.700. The minimum absolute atomic E-state index is 0. The molecule has 0 aromatic carbocycles. The van der Waals surface area contributed by atoms with E-state index in [1.807, 2.05) is 27.6 Å². The lowest BCUT2D eigenvalue weighted by molar-refractivity contribution is -0.897. The number of hydrogen-bond acceptors (Lipinski definition) is 10. The monoisotopic (exact) mass is 988 g/mol. The Morgan fingerprint density at radius 1 is 0.660 bits per heavy atom. The number of nitrogens with one attached hydrogen (secondary N) is 2. The summed E-state index contributed by atoms with van der Waals surface area (Å²) in [7, 11) is 11.4. The molecule has 4 aromatic rings. The largest absolute Gasteiger partial charge is 1.00 e. The van der Waals surface area contributed by atoms with Crippen molar-refractivity contribution in [1.29, 1.82) is 0 Å². The predicted molar refractivity (Wildman–Crippen MR) is 230 cm³/mol. The van der Waals surface area contributed by atoms with Crippen molar-refractivity contribution >= 4 is 77.3 Å². The van der Waals surface area contributed by atoms with Gasteiger partial charge in [-0.2, -0.15) is 0 Å². The van der Waals surface area contributed by atoms with Crippen LogP contribution in [0, 0.1) is 0 Å². The molecule has 0 unspecified atom stereocenters. The minimum atomic E-state index is 0. The third kappa shape index (κ3) is 10.9. The Morgan fingerprint density at radius 2 is 1.11 bits per heavy atom. The number of aromatic nitrogens is 4. The highest BCUT2D eigenvalue weighted by Crippen LogP contribution is 2.41. The number of hydrogen-bond donors (Lipinski definition) is 2. The first-order valence-corrected chi connectivity index (χ1v) is 23.5. The van der Waals surface area contributed by atoms with E-state index < -0.39 is 0 Å². The van der Waals surface area contributed by atoms with Gasteiger partial charge in [-0.1, -0.05) is 22.6 Å². The molecule has 0 atom stereocenters. The molecule has 9 nitrogen and oxygen atoms in total. The fourth-order valence-electron chi connectivity index (χ4n) is 8.70. The normalized spacial score (nSPS) is 23.5. The highest BCUT2D eigenvalue weighted by molar-refractivity contribution is 14.1. The molecule has 4 aliphatic carbocycles. The van der Waals surface area contributed by atoms with Gasteiger partial charge in [0.25, 0.3) is 0 Å². The molecule has 53 heavy (non-hydrogen) atoms. The van der Waals surface area contributed by atoms with Crippen molar-refractivity contribution < 1.29 is 33.2 Å². The van der Waals surface area contributed by atoms with Crippen LogP contribution in [-0.4, -0.2) is 107 Å². The molecule has 13 heteroatoms. The Bertz CT molecular complexity index is 1710. The number of nitrogens with zero attached hydrogens (tertiary/aromatic N) is 6. The van der Waals surface area contributed by atoms with Crippen LogP contribution in [0.1, 0.15) is 97.9 Å². The molecule has 294 valence electrons. The lowest BCUT2D eigenvalue weighted by Crippen LogP contribution is -3.00. The molecule has 0 bridgehead atoms. The van der Waals surface area contributed by atoms with Gasteiger partial charge in [-0.15, -0.1) is 22.7 Å². The lowest BCUT2D eigenvalue weighted by atomic mass is 9.89. The van der Waals surface area contributed by atoms with Crippen LogP contribution in [0.25, 0.3) is 20.4 Å². The second kappa shape index (κ2) is 20.4. The van der Waals surface area contributed by atoms with Gasteiger partial charge < -0.3 is 48.7 Å². The second-order valence-electron chi connectivity index (χ2n) is 16.2. The van der Waals surface area contributed by atoms with Crippen LogP contribution in [0.5, 0.6) is 0 Å². The van der Waals surface area contributed by atoms with Gasteiger partial charge in [-0.3, -0.25) is 0 Å². The Labute approximate surface area is 357 Å². The summed E-state index contributed by atoms with van der Waals surface area (Å²) >= 11 is 5.89. The van der Waals surface area contributed by atoms with Gasteiger partial charge in [0.2, 0.25) is 0 Å². The van der Waals surface area contributed by atoms with E-state index in [4.69, 9.17) is 4.74 Å². The summed E-state index contributed by atoms with van der Waals surface area (Å²) in [5, 5.41) is 10.1. The third-order valence-electron chi connectivity index (χ3n) is 11.7. The number of quaternary nitrogens is 1. The molecular formula is C40H62I2N8OS2. The zero-order chi connectivity index (χ0) is 36.7. The molecule has 0 radical (unpaired) electrons. The highest BCUT2D eigenvalue weighted by atomic mass is 127. The van der Waals surface area contributed by atoms with Crippen molar-refractivity contribution in [3.63, 3.8) is 0 Å². The van der Waals surface area contributed by atoms with E-state index in [2.05, 4.69) is 93.3 Å². The first-order valence-electron chi connectivity index (χ1n) is 19.7. The van der Waals surface area contributed by atoms with E-state index in [-0.39, 0.29) is 24.0 Å². The van der Waals surface area contributed by atoms with Crippen molar-refractivity contribution in [3.05, 3.63) is 33.5 Å². The van der Waals surface area contributed by atoms with Crippen molar-refractivity contribution in [2.45, 2.75) is 127 Å². The Kier molecular flexibility index (Phi) is 16.6. The minimum Gasteiger partial charge on any atom is -1.00 e. The maximum Gasteiger partial charge on any atom is 0.138 e. The number of aryl methyl sites for hydroxylation is 4. The standard InChI is InChI=1S/C18H27N4S.C17H24N4S.C4H8O.CH3I.HI/c1-22(2,3)13-9-7-12(8-10-13)21-17-16-14-5-4-6-15(14)23-18(16)20-11-19-17;1-21(2)12-8-6-11(7-9-12)20-16-15-13-4-3-5-14(13)22-17(15)19-10-18-16;1-2-4-5-3-1;1-2;/h11-13H,4-10H2,1-3H3,(H,19,20,21);10-12H,3-9H2,1-2H3,(H,18,19,20);1-4H2;1H3;1H/q+1;;;;/p-1. The quantitative estimate of drug-likeness (QED) is 0.140. The summed E-state index contributed by atoms with van der Waals surface area (Å²) in [5.74, 6) is 2.17. The van der Waals surface area contributed by atoms with Crippen molar-refractivity contribution in [2.75, 3.05) is 64.0 Å². The van der Waals surface area contributed by atoms with E-state index in [1.54, 1.807) is 12.7 Å². The van der Waals surface area contributed by atoms with Crippen molar-refractivity contribution in [1.82, 2.24) is 24.8 Å². The number of anilines is 2. The SMILES string of the molecule is C1CCOC1.CI.CN(C)C1CCC(Nc2ncnc3sc4c(c23)CCC4)CC1.C[N+](C)(C)C1CCC(Nc2ncnc3sc4c(c23)CCC4)CC1.[I-]. The molecule has 5 aliphatic rings. The van der Waals surface area contributed by atoms with Gasteiger partial charge in [0.1, 0.15) is 34.0 Å². The average Bonchev–Trinajstić information content (AvgIpc) is 3.99. The maximum absolute atomic E-state index is 4.94. The number of alkyl halides is 1. The van der Waals surface area contributed by atoms with Crippen molar-refractivity contribution in [3.8, 4) is 0 Å². The number of ether oxygens (including phenoxy) is 1. The van der Waals surface area contributed by atoms with Crippen LogP contribution in [0.2, 0.25) is 0 Å². The van der Waals surface area contributed by atoms with Gasteiger partial charge in [-0.25, -0.2) is 19.9 Å². The summed E-state index contributed by atoms with van der Waals surface area (Å²) in [6.07, 6.45) is 23.6.